The predicted molar refractivity (Wildman–Crippen MR) is 94.4 cm³/mol. The van der Waals surface area contributed by atoms with E-state index in [4.69, 9.17) is 9.57 Å². The van der Waals surface area contributed by atoms with E-state index in [2.05, 4.69) is 15.0 Å². The molecule has 0 radical (unpaired) electrons. The number of rotatable bonds is 5. The summed E-state index contributed by atoms with van der Waals surface area (Å²) in [4.78, 5) is 30.4. The zero-order valence-corrected chi connectivity index (χ0v) is 15.1. The number of ether oxygens (including phenoxy) is 1. The largest absolute Gasteiger partial charge is 0.442 e. The van der Waals surface area contributed by atoms with Crippen molar-refractivity contribution >= 4 is 39.2 Å². The van der Waals surface area contributed by atoms with Crippen molar-refractivity contribution in [3.05, 3.63) is 23.0 Å². The highest BCUT2D eigenvalue weighted by atomic mass is 32.1. The fourth-order valence-electron chi connectivity index (χ4n) is 2.78. The lowest BCUT2D eigenvalue weighted by Crippen LogP contribution is -2.33. The van der Waals surface area contributed by atoms with E-state index in [0.29, 0.717) is 13.1 Å². The summed E-state index contributed by atoms with van der Waals surface area (Å²) in [5.74, 6) is -0.145. The lowest BCUT2D eigenvalue weighted by Gasteiger charge is -2.13. The quantitative estimate of drug-likeness (QED) is 0.818. The number of aryl methyl sites for hydroxylation is 1. The van der Waals surface area contributed by atoms with Crippen molar-refractivity contribution in [3.8, 4) is 0 Å². The minimum Gasteiger partial charge on any atom is -0.442 e. The highest BCUT2D eigenvalue weighted by molar-refractivity contribution is 7.16. The molecule has 0 unspecified atom stereocenters. The van der Waals surface area contributed by atoms with Crippen molar-refractivity contribution in [1.82, 2.24) is 9.88 Å². The first-order valence-electron chi connectivity index (χ1n) is 7.96. The number of benzene rings is 1. The maximum atomic E-state index is 12.1. The summed E-state index contributed by atoms with van der Waals surface area (Å²) < 4.78 is 8.37. The molecule has 1 aromatic carbocycles. The van der Waals surface area contributed by atoms with Crippen LogP contribution in [0.15, 0.2) is 23.4 Å². The van der Waals surface area contributed by atoms with Gasteiger partial charge in [-0.1, -0.05) is 16.5 Å². The highest BCUT2D eigenvalue weighted by Crippen LogP contribution is 2.27. The average molecular weight is 364 g/mol. The SMILES string of the molecule is CCn1c(=NOC)sc2cc(N3C[C@H](CNC(C)=O)OC3=O)ccc21. The van der Waals surface area contributed by atoms with Crippen LogP contribution in [0.2, 0.25) is 0 Å². The minimum atomic E-state index is -0.406. The third-order valence-electron chi connectivity index (χ3n) is 3.92. The number of anilines is 1. The Balaban J connectivity index is 1.88. The van der Waals surface area contributed by atoms with Crippen molar-refractivity contribution in [1.29, 1.82) is 0 Å². The van der Waals surface area contributed by atoms with E-state index in [0.717, 1.165) is 27.3 Å². The van der Waals surface area contributed by atoms with Gasteiger partial charge in [-0.25, -0.2) is 4.79 Å². The van der Waals surface area contributed by atoms with Crippen LogP contribution in [0.4, 0.5) is 10.5 Å². The van der Waals surface area contributed by atoms with Crippen molar-refractivity contribution in [2.24, 2.45) is 5.16 Å². The van der Waals surface area contributed by atoms with E-state index in [9.17, 15) is 9.59 Å². The Morgan fingerprint density at radius 2 is 2.32 bits per heavy atom. The molecule has 1 saturated heterocycles. The fraction of sp³-hybridized carbons (Fsp3) is 0.438. The minimum absolute atomic E-state index is 0.145. The van der Waals surface area contributed by atoms with Gasteiger partial charge in [-0.3, -0.25) is 9.69 Å². The van der Waals surface area contributed by atoms with Crippen LogP contribution in [0.3, 0.4) is 0 Å². The molecule has 2 heterocycles. The van der Waals surface area contributed by atoms with Gasteiger partial charge in [0.2, 0.25) is 10.7 Å². The number of nitrogens with zero attached hydrogens (tertiary/aromatic N) is 3. The molecule has 1 aliphatic heterocycles. The number of thiazole rings is 1. The Labute approximate surface area is 148 Å². The smallest absolute Gasteiger partial charge is 0.414 e. The Kier molecular flexibility index (Phi) is 4.93. The summed E-state index contributed by atoms with van der Waals surface area (Å²) in [5, 5.41) is 6.72. The van der Waals surface area contributed by atoms with Crippen molar-refractivity contribution in [2.45, 2.75) is 26.5 Å². The second-order valence-electron chi connectivity index (χ2n) is 5.61. The molecular weight excluding hydrogens is 344 g/mol. The summed E-state index contributed by atoms with van der Waals surface area (Å²) in [5.41, 5.74) is 1.80. The molecule has 0 spiro atoms. The maximum absolute atomic E-state index is 12.1. The molecular formula is C16H20N4O4S. The van der Waals surface area contributed by atoms with Gasteiger partial charge in [-0.2, -0.15) is 0 Å². The standard InChI is InChI=1S/C16H20N4O4S/c1-4-19-13-6-5-11(7-14(13)25-15(19)18-23-3)20-9-12(24-16(20)22)8-17-10(2)21/h5-7,12H,4,8-9H2,1-3H3,(H,17,21)/t12-/m0/s1. The summed E-state index contributed by atoms with van der Waals surface area (Å²) in [6.45, 7) is 4.96. The molecule has 9 heteroatoms. The molecule has 0 saturated carbocycles. The van der Waals surface area contributed by atoms with Crippen molar-refractivity contribution in [3.63, 3.8) is 0 Å². The van der Waals surface area contributed by atoms with Gasteiger partial charge in [0.25, 0.3) is 0 Å². The molecule has 3 rings (SSSR count). The van der Waals surface area contributed by atoms with Gasteiger partial charge in [0, 0.05) is 19.2 Å². The summed E-state index contributed by atoms with van der Waals surface area (Å²) >= 11 is 1.50. The Morgan fingerprint density at radius 3 is 3.00 bits per heavy atom. The molecule has 1 N–H and O–H groups in total. The third kappa shape index (κ3) is 3.46. The van der Waals surface area contributed by atoms with Crippen LogP contribution in [-0.4, -0.2) is 42.9 Å². The molecule has 1 atom stereocenters. The van der Waals surface area contributed by atoms with Gasteiger partial charge in [0.15, 0.2) is 0 Å². The molecule has 0 bridgehead atoms. The van der Waals surface area contributed by atoms with Gasteiger partial charge in [0.05, 0.1) is 23.3 Å². The first-order valence-corrected chi connectivity index (χ1v) is 8.78. The van der Waals surface area contributed by atoms with Crippen LogP contribution < -0.4 is 15.0 Å². The van der Waals surface area contributed by atoms with Gasteiger partial charge in [0.1, 0.15) is 13.2 Å². The highest BCUT2D eigenvalue weighted by Gasteiger charge is 2.32. The number of carbonyl (C=O) groups is 2. The van der Waals surface area contributed by atoms with E-state index in [1.54, 1.807) is 4.90 Å². The molecule has 1 aromatic heterocycles. The summed E-state index contributed by atoms with van der Waals surface area (Å²) in [7, 11) is 1.52. The van der Waals surface area contributed by atoms with E-state index in [1.807, 2.05) is 25.1 Å². The van der Waals surface area contributed by atoms with Crippen LogP contribution in [0.25, 0.3) is 10.2 Å². The fourth-order valence-corrected chi connectivity index (χ4v) is 3.89. The molecule has 2 amide bonds. The zero-order valence-electron chi connectivity index (χ0n) is 14.3. The molecule has 134 valence electrons. The Morgan fingerprint density at radius 1 is 1.52 bits per heavy atom. The molecule has 1 aliphatic rings. The average Bonchev–Trinajstić information content (AvgIpc) is 3.12. The van der Waals surface area contributed by atoms with Crippen molar-refractivity contribution < 1.29 is 19.2 Å². The molecule has 8 nitrogen and oxygen atoms in total. The Hall–Kier alpha value is -2.55. The lowest BCUT2D eigenvalue weighted by atomic mass is 10.2. The van der Waals surface area contributed by atoms with E-state index < -0.39 is 6.09 Å². The van der Waals surface area contributed by atoms with Crippen LogP contribution in [0.5, 0.6) is 0 Å². The number of carbonyl (C=O) groups excluding carboxylic acids is 2. The van der Waals surface area contributed by atoms with E-state index >= 15 is 0 Å². The number of amides is 2. The number of hydrogen-bond acceptors (Lipinski definition) is 6. The summed E-state index contributed by atoms with van der Waals surface area (Å²) in [6.07, 6.45) is -0.758. The van der Waals surface area contributed by atoms with Crippen LogP contribution in [0.1, 0.15) is 13.8 Å². The first-order chi connectivity index (χ1) is 12.0. The second kappa shape index (κ2) is 7.14. The van der Waals surface area contributed by atoms with Crippen LogP contribution in [-0.2, 0) is 20.9 Å². The first kappa shape index (κ1) is 17.3. The zero-order chi connectivity index (χ0) is 18.0. The van der Waals surface area contributed by atoms with Crippen molar-refractivity contribution in [2.75, 3.05) is 25.1 Å². The topological polar surface area (TPSA) is 85.2 Å². The number of hydrogen-bond donors (Lipinski definition) is 1. The van der Waals surface area contributed by atoms with Gasteiger partial charge in [-0.05, 0) is 25.1 Å². The van der Waals surface area contributed by atoms with Crippen LogP contribution >= 0.6 is 11.3 Å². The normalized spacial score (nSPS) is 17.9. The number of fused-ring (bicyclic) bond motifs is 1. The molecule has 0 aliphatic carbocycles. The number of nitrogens with one attached hydrogen (secondary N) is 1. The predicted octanol–water partition coefficient (Wildman–Crippen LogP) is 1.65. The maximum Gasteiger partial charge on any atom is 0.414 e. The monoisotopic (exact) mass is 364 g/mol. The van der Waals surface area contributed by atoms with Gasteiger partial charge >= 0.3 is 6.09 Å². The van der Waals surface area contributed by atoms with Gasteiger partial charge in [-0.15, -0.1) is 0 Å². The molecule has 1 fully saturated rings. The molecule has 25 heavy (non-hydrogen) atoms. The Bertz CT molecular complexity index is 873. The molecule has 2 aromatic rings. The third-order valence-corrected chi connectivity index (χ3v) is 4.94. The number of aromatic nitrogens is 1. The summed E-state index contributed by atoms with van der Waals surface area (Å²) in [6, 6.07) is 5.80. The van der Waals surface area contributed by atoms with Crippen LogP contribution in [0, 0.1) is 0 Å². The van der Waals surface area contributed by atoms with E-state index in [-0.39, 0.29) is 12.0 Å². The number of cyclic esters (lactones) is 1. The second-order valence-corrected chi connectivity index (χ2v) is 6.62. The van der Waals surface area contributed by atoms with E-state index in [1.165, 1.54) is 25.4 Å². The lowest BCUT2D eigenvalue weighted by molar-refractivity contribution is -0.119. The van der Waals surface area contributed by atoms with Gasteiger partial charge < -0.3 is 19.5 Å².